The average molecular weight is 326 g/mol. The Kier molecular flexibility index (Phi) is 5.15. The van der Waals surface area contributed by atoms with Gasteiger partial charge >= 0.3 is 0 Å². The molecule has 2 rings (SSSR count). The van der Waals surface area contributed by atoms with Gasteiger partial charge in [0.1, 0.15) is 11.0 Å². The van der Waals surface area contributed by atoms with Crippen molar-refractivity contribution in [3.63, 3.8) is 0 Å². The molecule has 0 radical (unpaired) electrons. The van der Waals surface area contributed by atoms with Gasteiger partial charge in [0.15, 0.2) is 0 Å². The molecular formula is C15H17ClFN3O2. The van der Waals surface area contributed by atoms with Gasteiger partial charge in [-0.2, -0.15) is 5.10 Å². The first-order valence-corrected chi connectivity index (χ1v) is 7.23. The fourth-order valence-electron chi connectivity index (χ4n) is 2.16. The lowest BCUT2D eigenvalue weighted by Crippen LogP contribution is -2.24. The van der Waals surface area contributed by atoms with Crippen LogP contribution in [0.15, 0.2) is 18.2 Å². The van der Waals surface area contributed by atoms with Crippen molar-refractivity contribution in [1.82, 2.24) is 15.1 Å². The summed E-state index contributed by atoms with van der Waals surface area (Å²) in [4.78, 5) is 12.3. The van der Waals surface area contributed by atoms with Crippen molar-refractivity contribution in [3.05, 3.63) is 51.6 Å². The summed E-state index contributed by atoms with van der Waals surface area (Å²) >= 11 is 6.09. The molecule has 0 atom stereocenters. The maximum atomic E-state index is 13.3. The first-order valence-electron chi connectivity index (χ1n) is 6.85. The van der Waals surface area contributed by atoms with Crippen LogP contribution in [0.5, 0.6) is 0 Å². The number of aromatic nitrogens is 2. The van der Waals surface area contributed by atoms with Crippen LogP contribution in [0.25, 0.3) is 0 Å². The minimum absolute atomic E-state index is 0.195. The van der Waals surface area contributed by atoms with E-state index in [-0.39, 0.29) is 29.8 Å². The highest BCUT2D eigenvalue weighted by atomic mass is 35.5. The number of amides is 1. The molecule has 0 spiro atoms. The minimum atomic E-state index is -0.471. The third kappa shape index (κ3) is 3.28. The summed E-state index contributed by atoms with van der Waals surface area (Å²) in [5, 5.41) is 16.3. The van der Waals surface area contributed by atoms with E-state index < -0.39 is 5.82 Å². The summed E-state index contributed by atoms with van der Waals surface area (Å²) in [5.41, 5.74) is 1.87. The molecule has 2 aromatic rings. The number of rotatable bonds is 5. The van der Waals surface area contributed by atoms with E-state index in [1.807, 2.05) is 6.92 Å². The van der Waals surface area contributed by atoms with Gasteiger partial charge in [0, 0.05) is 19.2 Å². The van der Waals surface area contributed by atoms with Crippen molar-refractivity contribution in [2.45, 2.75) is 26.5 Å². The molecule has 0 unspecified atom stereocenters. The second-order valence-corrected chi connectivity index (χ2v) is 5.21. The SMILES string of the molecule is CCc1nn(C)c(Cl)c1C(=O)NCc1ccc(F)c(CO)c1. The average Bonchev–Trinajstić information content (AvgIpc) is 2.81. The predicted molar refractivity (Wildman–Crippen MR) is 81.1 cm³/mol. The number of carbonyl (C=O) groups excluding carboxylic acids is 1. The molecule has 0 saturated heterocycles. The highest BCUT2D eigenvalue weighted by Crippen LogP contribution is 2.20. The smallest absolute Gasteiger partial charge is 0.256 e. The van der Waals surface area contributed by atoms with Crippen molar-refractivity contribution in [1.29, 1.82) is 0 Å². The van der Waals surface area contributed by atoms with Crippen LogP contribution in [0.4, 0.5) is 4.39 Å². The maximum Gasteiger partial charge on any atom is 0.256 e. The number of aliphatic hydroxyl groups is 1. The molecule has 1 aromatic carbocycles. The molecule has 1 heterocycles. The van der Waals surface area contributed by atoms with E-state index in [4.69, 9.17) is 16.7 Å². The third-order valence-corrected chi connectivity index (χ3v) is 3.78. The number of hydrogen-bond donors (Lipinski definition) is 2. The normalized spacial score (nSPS) is 10.8. The zero-order chi connectivity index (χ0) is 16.3. The Morgan fingerprint density at radius 1 is 1.50 bits per heavy atom. The Morgan fingerprint density at radius 3 is 2.86 bits per heavy atom. The van der Waals surface area contributed by atoms with Gasteiger partial charge in [0.05, 0.1) is 17.9 Å². The lowest BCUT2D eigenvalue weighted by atomic mass is 10.1. The Morgan fingerprint density at radius 2 is 2.23 bits per heavy atom. The molecular weight excluding hydrogens is 309 g/mol. The van der Waals surface area contributed by atoms with Gasteiger partial charge in [0.2, 0.25) is 0 Å². The van der Waals surface area contributed by atoms with Gasteiger partial charge < -0.3 is 10.4 Å². The standard InChI is InChI=1S/C15H17ClFN3O2/c1-3-12-13(14(16)20(2)19-12)15(22)18-7-9-4-5-11(17)10(6-9)8-21/h4-6,21H,3,7-8H2,1-2H3,(H,18,22). The molecule has 7 heteroatoms. The van der Waals surface area contributed by atoms with Crippen molar-refractivity contribution < 1.29 is 14.3 Å². The van der Waals surface area contributed by atoms with E-state index in [0.717, 1.165) is 0 Å². The molecule has 0 aliphatic rings. The molecule has 0 bridgehead atoms. The fourth-order valence-corrected chi connectivity index (χ4v) is 2.39. The zero-order valence-electron chi connectivity index (χ0n) is 12.4. The molecule has 22 heavy (non-hydrogen) atoms. The number of carbonyl (C=O) groups is 1. The molecule has 1 amide bonds. The van der Waals surface area contributed by atoms with Crippen LogP contribution in [-0.4, -0.2) is 20.8 Å². The number of nitrogens with zero attached hydrogens (tertiary/aromatic N) is 2. The van der Waals surface area contributed by atoms with Gasteiger partial charge in [-0.25, -0.2) is 4.39 Å². The molecule has 2 N–H and O–H groups in total. The summed E-state index contributed by atoms with van der Waals surface area (Å²) in [6.07, 6.45) is 0.592. The molecule has 0 saturated carbocycles. The number of hydrogen-bond acceptors (Lipinski definition) is 3. The van der Waals surface area contributed by atoms with Crippen LogP contribution in [0.1, 0.15) is 34.1 Å². The number of benzene rings is 1. The maximum absolute atomic E-state index is 13.3. The van der Waals surface area contributed by atoms with Crippen LogP contribution in [0.2, 0.25) is 5.15 Å². The highest BCUT2D eigenvalue weighted by Gasteiger charge is 2.20. The van der Waals surface area contributed by atoms with E-state index in [9.17, 15) is 9.18 Å². The number of aliphatic hydroxyl groups excluding tert-OH is 1. The molecule has 1 aromatic heterocycles. The molecule has 0 aliphatic heterocycles. The van der Waals surface area contributed by atoms with E-state index in [0.29, 0.717) is 23.2 Å². The number of nitrogens with one attached hydrogen (secondary N) is 1. The summed E-state index contributed by atoms with van der Waals surface area (Å²) in [6.45, 7) is 1.71. The lowest BCUT2D eigenvalue weighted by Gasteiger charge is -2.07. The summed E-state index contributed by atoms with van der Waals surface area (Å²) in [6, 6.07) is 4.34. The van der Waals surface area contributed by atoms with Crippen molar-refractivity contribution in [2.75, 3.05) is 0 Å². The van der Waals surface area contributed by atoms with Crippen molar-refractivity contribution in [3.8, 4) is 0 Å². The van der Waals surface area contributed by atoms with Gasteiger partial charge in [-0.1, -0.05) is 24.6 Å². The van der Waals surface area contributed by atoms with Crippen LogP contribution in [-0.2, 0) is 26.6 Å². The second-order valence-electron chi connectivity index (χ2n) is 4.86. The van der Waals surface area contributed by atoms with Crippen LogP contribution in [0.3, 0.4) is 0 Å². The Bertz CT molecular complexity index is 700. The van der Waals surface area contributed by atoms with Crippen molar-refractivity contribution >= 4 is 17.5 Å². The highest BCUT2D eigenvalue weighted by molar-refractivity contribution is 6.33. The van der Waals surface area contributed by atoms with Gasteiger partial charge in [-0.3, -0.25) is 9.48 Å². The van der Waals surface area contributed by atoms with E-state index in [1.54, 1.807) is 13.1 Å². The summed E-state index contributed by atoms with van der Waals surface area (Å²) in [7, 11) is 1.67. The molecule has 0 aliphatic carbocycles. The Labute approximate surface area is 132 Å². The topological polar surface area (TPSA) is 67.2 Å². The number of halogens is 2. The van der Waals surface area contributed by atoms with Gasteiger partial charge in [0.25, 0.3) is 5.91 Å². The van der Waals surface area contributed by atoms with Crippen LogP contribution < -0.4 is 5.32 Å². The van der Waals surface area contributed by atoms with E-state index in [1.165, 1.54) is 16.8 Å². The van der Waals surface area contributed by atoms with E-state index in [2.05, 4.69) is 10.4 Å². The minimum Gasteiger partial charge on any atom is -0.392 e. The second kappa shape index (κ2) is 6.89. The fraction of sp³-hybridized carbons (Fsp3) is 0.333. The van der Waals surface area contributed by atoms with E-state index >= 15 is 0 Å². The number of aryl methyl sites for hydroxylation is 2. The summed E-state index contributed by atoms with van der Waals surface area (Å²) in [5.74, 6) is -0.800. The molecule has 5 nitrogen and oxygen atoms in total. The Balaban J connectivity index is 2.13. The largest absolute Gasteiger partial charge is 0.392 e. The van der Waals surface area contributed by atoms with Crippen LogP contribution >= 0.6 is 11.6 Å². The first-order chi connectivity index (χ1) is 10.5. The summed E-state index contributed by atoms with van der Waals surface area (Å²) < 4.78 is 14.8. The lowest BCUT2D eigenvalue weighted by molar-refractivity contribution is 0.0950. The predicted octanol–water partition coefficient (Wildman–Crippen LogP) is 2.20. The van der Waals surface area contributed by atoms with Crippen LogP contribution in [0, 0.1) is 5.82 Å². The Hall–Kier alpha value is -1.92. The molecule has 118 valence electrons. The first kappa shape index (κ1) is 16.5. The zero-order valence-corrected chi connectivity index (χ0v) is 13.1. The van der Waals surface area contributed by atoms with Gasteiger partial charge in [-0.05, 0) is 24.1 Å². The third-order valence-electron chi connectivity index (χ3n) is 3.35. The van der Waals surface area contributed by atoms with Gasteiger partial charge in [-0.15, -0.1) is 0 Å². The monoisotopic (exact) mass is 325 g/mol. The van der Waals surface area contributed by atoms with Crippen molar-refractivity contribution in [2.24, 2.45) is 7.05 Å². The molecule has 0 fully saturated rings. The quantitative estimate of drug-likeness (QED) is 0.885.